The molecule has 1 aromatic carbocycles. The van der Waals surface area contributed by atoms with E-state index in [1.165, 1.54) is 19.1 Å². The highest BCUT2D eigenvalue weighted by molar-refractivity contribution is 6.74. The molecule has 2 atom stereocenters. The summed E-state index contributed by atoms with van der Waals surface area (Å²) in [6.45, 7) is 13.1. The second-order valence-electron chi connectivity index (χ2n) is 10.0. The third-order valence-electron chi connectivity index (χ3n) is 6.37. The standard InChI is InChI=1S/C23H36N2O7Si/c1-17(26)30-13-7-8-20-14-21(32-33(5,6)23(2,3)4)15-24(20)22(27)31-16-18-9-11-19(12-10-18)25(28)29/h9-12,20-21H,7-8,13-16H2,1-6H3/t20-,21-/m1/s1. The van der Waals surface area contributed by atoms with Crippen LogP contribution in [0.1, 0.15) is 52.5 Å². The Bertz CT molecular complexity index is 836. The van der Waals surface area contributed by atoms with E-state index in [0.717, 1.165) is 0 Å². The van der Waals surface area contributed by atoms with E-state index in [0.29, 0.717) is 38.0 Å². The smallest absolute Gasteiger partial charge is 0.410 e. The van der Waals surface area contributed by atoms with Crippen molar-refractivity contribution >= 4 is 26.1 Å². The zero-order valence-electron chi connectivity index (χ0n) is 20.5. The zero-order chi connectivity index (χ0) is 24.8. The SMILES string of the molecule is CC(=O)OCCC[C@@H]1C[C@@H](O[Si](C)(C)C(C)(C)C)CN1C(=O)OCc1ccc([N+](=O)[O-])cc1. The number of ether oxygens (including phenoxy) is 2. The summed E-state index contributed by atoms with van der Waals surface area (Å²) in [5.41, 5.74) is 0.664. The maximum Gasteiger partial charge on any atom is 0.410 e. The zero-order valence-corrected chi connectivity index (χ0v) is 21.5. The summed E-state index contributed by atoms with van der Waals surface area (Å²) in [7, 11) is -2.01. The second-order valence-corrected chi connectivity index (χ2v) is 14.8. The van der Waals surface area contributed by atoms with E-state index >= 15 is 0 Å². The van der Waals surface area contributed by atoms with Gasteiger partial charge in [-0.3, -0.25) is 14.9 Å². The topological polar surface area (TPSA) is 108 Å². The lowest BCUT2D eigenvalue weighted by Crippen LogP contribution is -2.44. The molecule has 0 radical (unpaired) electrons. The average Bonchev–Trinajstić information content (AvgIpc) is 3.10. The normalized spacial score (nSPS) is 18.8. The van der Waals surface area contributed by atoms with Gasteiger partial charge < -0.3 is 18.8 Å². The molecule has 0 unspecified atom stereocenters. The fourth-order valence-electron chi connectivity index (χ4n) is 3.53. The van der Waals surface area contributed by atoms with Gasteiger partial charge in [-0.25, -0.2) is 4.79 Å². The first-order valence-electron chi connectivity index (χ1n) is 11.3. The van der Waals surface area contributed by atoms with E-state index in [9.17, 15) is 19.7 Å². The number of carbonyl (C=O) groups is 2. The predicted molar refractivity (Wildman–Crippen MR) is 126 cm³/mol. The molecular formula is C23H36N2O7Si. The molecule has 0 spiro atoms. The van der Waals surface area contributed by atoms with Gasteiger partial charge in [0.15, 0.2) is 8.32 Å². The summed E-state index contributed by atoms with van der Waals surface area (Å²) in [4.78, 5) is 36.0. The first-order valence-corrected chi connectivity index (χ1v) is 14.2. The quantitative estimate of drug-likeness (QED) is 0.160. The van der Waals surface area contributed by atoms with Gasteiger partial charge in [-0.2, -0.15) is 0 Å². The summed E-state index contributed by atoms with van der Waals surface area (Å²) in [5.74, 6) is -0.320. The van der Waals surface area contributed by atoms with Crippen molar-refractivity contribution in [2.24, 2.45) is 0 Å². The van der Waals surface area contributed by atoms with Gasteiger partial charge in [0.05, 0.1) is 17.6 Å². The molecule has 1 fully saturated rings. The maximum atomic E-state index is 12.9. The fraction of sp³-hybridized carbons (Fsp3) is 0.652. The highest BCUT2D eigenvalue weighted by Crippen LogP contribution is 2.39. The molecule has 0 N–H and O–H groups in total. The Hall–Kier alpha value is -2.46. The van der Waals surface area contributed by atoms with E-state index < -0.39 is 19.3 Å². The van der Waals surface area contributed by atoms with E-state index in [-0.39, 0.29) is 35.4 Å². The fourth-order valence-corrected chi connectivity index (χ4v) is 4.88. The van der Waals surface area contributed by atoms with E-state index in [1.807, 2.05) is 0 Å². The van der Waals surface area contributed by atoms with Crippen molar-refractivity contribution in [1.29, 1.82) is 0 Å². The number of likely N-dealkylation sites (tertiary alicyclic amines) is 1. The van der Waals surface area contributed by atoms with Crippen LogP contribution in [0.3, 0.4) is 0 Å². The molecule has 1 aliphatic rings. The molecule has 2 rings (SSSR count). The number of esters is 1. The lowest BCUT2D eigenvalue weighted by molar-refractivity contribution is -0.384. The molecule has 1 aromatic rings. The van der Waals surface area contributed by atoms with Gasteiger partial charge in [0, 0.05) is 31.6 Å². The van der Waals surface area contributed by atoms with Crippen LogP contribution >= 0.6 is 0 Å². The number of nitro groups is 1. The van der Waals surface area contributed by atoms with E-state index in [4.69, 9.17) is 13.9 Å². The van der Waals surface area contributed by atoms with Crippen molar-refractivity contribution in [2.45, 2.75) is 83.8 Å². The second kappa shape index (κ2) is 11.1. The maximum absolute atomic E-state index is 12.9. The average molecular weight is 481 g/mol. The molecular weight excluding hydrogens is 444 g/mol. The Balaban J connectivity index is 2.02. The van der Waals surface area contributed by atoms with E-state index in [2.05, 4.69) is 33.9 Å². The number of hydrogen-bond donors (Lipinski definition) is 0. The molecule has 0 aromatic heterocycles. The molecule has 9 nitrogen and oxygen atoms in total. The van der Waals surface area contributed by atoms with Crippen LogP contribution in [0.2, 0.25) is 18.1 Å². The molecule has 0 aliphatic carbocycles. The predicted octanol–water partition coefficient (Wildman–Crippen LogP) is 5.04. The van der Waals surface area contributed by atoms with Crippen LogP contribution in [0.25, 0.3) is 0 Å². The van der Waals surface area contributed by atoms with Crippen molar-refractivity contribution in [3.05, 3.63) is 39.9 Å². The largest absolute Gasteiger partial charge is 0.466 e. The van der Waals surface area contributed by atoms with Crippen LogP contribution < -0.4 is 0 Å². The van der Waals surface area contributed by atoms with Crippen LogP contribution in [-0.2, 0) is 25.3 Å². The Morgan fingerprint density at radius 2 is 1.82 bits per heavy atom. The van der Waals surface area contributed by atoms with Crippen LogP contribution in [0.4, 0.5) is 10.5 Å². The molecule has 10 heteroatoms. The van der Waals surface area contributed by atoms with Crippen molar-refractivity contribution < 1.29 is 28.4 Å². The molecule has 0 saturated carbocycles. The monoisotopic (exact) mass is 480 g/mol. The number of nitrogens with zero attached hydrogens (tertiary/aromatic N) is 2. The molecule has 1 saturated heterocycles. The number of benzene rings is 1. The third kappa shape index (κ3) is 7.81. The van der Waals surface area contributed by atoms with Gasteiger partial charge in [0.25, 0.3) is 5.69 Å². The van der Waals surface area contributed by atoms with Gasteiger partial charge in [-0.1, -0.05) is 20.8 Å². The van der Waals surface area contributed by atoms with Crippen molar-refractivity contribution in [1.82, 2.24) is 4.90 Å². The van der Waals surface area contributed by atoms with Gasteiger partial charge in [-0.15, -0.1) is 0 Å². The van der Waals surface area contributed by atoms with Crippen LogP contribution in [0, 0.1) is 10.1 Å². The summed E-state index contributed by atoms with van der Waals surface area (Å²) in [5, 5.41) is 10.9. The Kier molecular flexibility index (Phi) is 9.02. The summed E-state index contributed by atoms with van der Waals surface area (Å²) >= 11 is 0. The third-order valence-corrected chi connectivity index (χ3v) is 10.9. The molecule has 1 aliphatic heterocycles. The highest BCUT2D eigenvalue weighted by Gasteiger charge is 2.43. The molecule has 0 bridgehead atoms. The van der Waals surface area contributed by atoms with Crippen LogP contribution in [0.15, 0.2) is 24.3 Å². The number of non-ortho nitro benzene ring substituents is 1. The molecule has 1 heterocycles. The first kappa shape index (κ1) is 26.8. The minimum Gasteiger partial charge on any atom is -0.466 e. The highest BCUT2D eigenvalue weighted by atomic mass is 28.4. The Morgan fingerprint density at radius 3 is 2.36 bits per heavy atom. The molecule has 184 valence electrons. The number of nitro benzene ring substituents is 1. The van der Waals surface area contributed by atoms with Gasteiger partial charge in [0.2, 0.25) is 0 Å². The Labute approximate surface area is 196 Å². The first-order chi connectivity index (χ1) is 15.3. The molecule has 1 amide bonds. The summed E-state index contributed by atoms with van der Waals surface area (Å²) in [6, 6.07) is 5.87. The van der Waals surface area contributed by atoms with Gasteiger partial charge >= 0.3 is 12.1 Å². The van der Waals surface area contributed by atoms with Crippen LogP contribution in [-0.4, -0.2) is 55.5 Å². The van der Waals surface area contributed by atoms with Crippen molar-refractivity contribution in [3.63, 3.8) is 0 Å². The lowest BCUT2D eigenvalue weighted by atomic mass is 10.1. The van der Waals surface area contributed by atoms with Crippen molar-refractivity contribution in [3.8, 4) is 0 Å². The Morgan fingerprint density at radius 1 is 1.18 bits per heavy atom. The van der Waals surface area contributed by atoms with Gasteiger partial charge in [-0.05, 0) is 55.1 Å². The molecule has 33 heavy (non-hydrogen) atoms. The lowest BCUT2D eigenvalue weighted by Gasteiger charge is -2.38. The summed E-state index contributed by atoms with van der Waals surface area (Å²) in [6.07, 6.45) is 1.52. The van der Waals surface area contributed by atoms with Crippen molar-refractivity contribution in [2.75, 3.05) is 13.2 Å². The number of hydrogen-bond acceptors (Lipinski definition) is 7. The number of rotatable bonds is 9. The van der Waals surface area contributed by atoms with Crippen LogP contribution in [0.5, 0.6) is 0 Å². The minimum absolute atomic E-state index is 0.0110. The number of amides is 1. The van der Waals surface area contributed by atoms with Gasteiger partial charge in [0.1, 0.15) is 6.61 Å². The number of carbonyl (C=O) groups excluding carboxylic acids is 2. The minimum atomic E-state index is -2.01. The summed E-state index contributed by atoms with van der Waals surface area (Å²) < 4.78 is 17.1. The van der Waals surface area contributed by atoms with E-state index in [1.54, 1.807) is 17.0 Å².